The Hall–Kier alpha value is -0.340. The highest BCUT2D eigenvalue weighted by Crippen LogP contribution is 2.08. The summed E-state index contributed by atoms with van der Waals surface area (Å²) >= 11 is 1.65. The van der Waals surface area contributed by atoms with Crippen LogP contribution in [0.1, 0.15) is 11.8 Å². The Kier molecular flexibility index (Phi) is 2.25. The topological polar surface area (TPSA) is 26.0 Å². The zero-order valence-electron chi connectivity index (χ0n) is 5.42. The average Bonchev–Trinajstić information content (AvgIpc) is 2.15. The van der Waals surface area contributed by atoms with Gasteiger partial charge in [0.1, 0.15) is 0 Å². The van der Waals surface area contributed by atoms with E-state index in [1.54, 1.807) is 11.3 Å². The molecular weight excluding hydrogens is 130 g/mol. The second kappa shape index (κ2) is 2.99. The monoisotopic (exact) mass is 140 g/mol. The number of hydrogen-bond donors (Lipinski definition) is 1. The van der Waals surface area contributed by atoms with Gasteiger partial charge in [0.25, 0.3) is 0 Å². The van der Waals surface area contributed by atoms with E-state index in [2.05, 4.69) is 11.4 Å². The van der Waals surface area contributed by atoms with Crippen molar-refractivity contribution in [2.75, 3.05) is 0 Å². The lowest BCUT2D eigenvalue weighted by atomic mass is 10.2. The molecule has 2 N–H and O–H groups in total. The summed E-state index contributed by atoms with van der Waals surface area (Å²) in [6.45, 7) is 2.01. The fraction of sp³-hybridized carbons (Fsp3) is 0.429. The lowest BCUT2D eigenvalue weighted by Crippen LogP contribution is -2.16. The second-order valence-corrected chi connectivity index (χ2v) is 3.17. The van der Waals surface area contributed by atoms with Crippen molar-refractivity contribution in [3.63, 3.8) is 0 Å². The van der Waals surface area contributed by atoms with E-state index < -0.39 is 0 Å². The molecule has 0 bridgehead atoms. The van der Waals surface area contributed by atoms with E-state index in [-0.39, 0.29) is 6.04 Å². The molecule has 2 heteroatoms. The molecule has 0 fully saturated rings. The second-order valence-electron chi connectivity index (χ2n) is 2.20. The third-order valence-corrected chi connectivity index (χ3v) is 1.87. The van der Waals surface area contributed by atoms with Gasteiger partial charge in [0.2, 0.25) is 0 Å². The average molecular weight is 140 g/mol. The van der Waals surface area contributed by atoms with E-state index in [1.165, 1.54) is 4.88 Å². The Morgan fingerprint density at radius 1 is 1.89 bits per heavy atom. The van der Waals surface area contributed by atoms with Crippen molar-refractivity contribution >= 4 is 11.3 Å². The first-order valence-corrected chi connectivity index (χ1v) is 3.81. The molecule has 0 aromatic carbocycles. The summed E-state index contributed by atoms with van der Waals surface area (Å²) < 4.78 is 0. The Bertz CT molecular complexity index is 155. The summed E-state index contributed by atoms with van der Waals surface area (Å²) in [7, 11) is 0. The molecule has 0 aliphatic rings. The van der Waals surface area contributed by atoms with Gasteiger partial charge in [0.15, 0.2) is 0 Å². The van der Waals surface area contributed by atoms with Crippen LogP contribution in [0.4, 0.5) is 0 Å². The molecule has 1 aromatic rings. The van der Waals surface area contributed by atoms with Crippen molar-refractivity contribution in [3.8, 4) is 0 Å². The molecule has 1 unspecified atom stereocenters. The van der Waals surface area contributed by atoms with Crippen molar-refractivity contribution in [1.29, 1.82) is 0 Å². The van der Waals surface area contributed by atoms with Gasteiger partial charge in [-0.15, -0.1) is 11.3 Å². The van der Waals surface area contributed by atoms with Crippen LogP contribution in [0.2, 0.25) is 0 Å². The minimum atomic E-state index is 0.275. The van der Waals surface area contributed by atoms with E-state index in [1.807, 2.05) is 13.0 Å². The Balaban J connectivity index is 2.48. The van der Waals surface area contributed by atoms with Crippen molar-refractivity contribution in [3.05, 3.63) is 22.4 Å². The van der Waals surface area contributed by atoms with Crippen LogP contribution in [-0.2, 0) is 6.42 Å². The zero-order chi connectivity index (χ0) is 6.69. The molecule has 0 aliphatic heterocycles. The van der Waals surface area contributed by atoms with Crippen LogP contribution in [0.3, 0.4) is 0 Å². The van der Waals surface area contributed by atoms with Gasteiger partial charge < -0.3 is 5.73 Å². The first kappa shape index (κ1) is 6.78. The van der Waals surface area contributed by atoms with Gasteiger partial charge in [-0.2, -0.15) is 0 Å². The van der Waals surface area contributed by atoms with E-state index in [0.29, 0.717) is 0 Å². The largest absolute Gasteiger partial charge is 0.328 e. The zero-order valence-corrected chi connectivity index (χ0v) is 6.24. The summed E-state index contributed by atoms with van der Waals surface area (Å²) in [5, 5.41) is 3.02. The van der Waals surface area contributed by atoms with E-state index in [4.69, 9.17) is 5.73 Å². The Morgan fingerprint density at radius 3 is 3.11 bits per heavy atom. The first-order chi connectivity index (χ1) is 4.29. The number of thiophene rings is 1. The lowest BCUT2D eigenvalue weighted by Gasteiger charge is -1.99. The van der Waals surface area contributed by atoms with Gasteiger partial charge in [-0.1, -0.05) is 0 Å². The fourth-order valence-electron chi connectivity index (χ4n) is 0.698. The number of hydrogen-bond acceptors (Lipinski definition) is 2. The van der Waals surface area contributed by atoms with Crippen molar-refractivity contribution in [1.82, 2.24) is 0 Å². The predicted molar refractivity (Wildman–Crippen MR) is 40.5 cm³/mol. The molecule has 1 rings (SSSR count). The van der Waals surface area contributed by atoms with Gasteiger partial charge in [-0.05, 0) is 25.5 Å². The Labute approximate surface area is 59.5 Å². The normalized spacial score (nSPS) is 13.6. The Morgan fingerprint density at radius 2 is 2.67 bits per heavy atom. The van der Waals surface area contributed by atoms with Crippen LogP contribution in [0.5, 0.6) is 0 Å². The molecule has 49 valence electrons. The van der Waals surface area contributed by atoms with Gasteiger partial charge in [0, 0.05) is 16.3 Å². The molecular formula is C7H10NS. The number of nitrogens with two attached hydrogens (primary N) is 1. The van der Waals surface area contributed by atoms with Crippen LogP contribution in [0.15, 0.2) is 12.1 Å². The minimum absolute atomic E-state index is 0.275. The van der Waals surface area contributed by atoms with Crippen LogP contribution in [-0.4, -0.2) is 6.04 Å². The molecule has 0 saturated carbocycles. The lowest BCUT2D eigenvalue weighted by molar-refractivity contribution is 0.746. The van der Waals surface area contributed by atoms with Gasteiger partial charge in [-0.3, -0.25) is 0 Å². The summed E-state index contributed by atoms with van der Waals surface area (Å²) in [5.41, 5.74) is 5.58. The highest BCUT2D eigenvalue weighted by Gasteiger charge is 1.96. The molecule has 1 heterocycles. The van der Waals surface area contributed by atoms with Gasteiger partial charge in [-0.25, -0.2) is 0 Å². The van der Waals surface area contributed by atoms with Crippen molar-refractivity contribution in [2.45, 2.75) is 19.4 Å². The summed E-state index contributed by atoms with van der Waals surface area (Å²) in [4.78, 5) is 1.32. The summed E-state index contributed by atoms with van der Waals surface area (Å²) in [5.74, 6) is 0. The summed E-state index contributed by atoms with van der Waals surface area (Å²) in [6.07, 6.45) is 0.980. The van der Waals surface area contributed by atoms with Crippen molar-refractivity contribution in [2.24, 2.45) is 5.73 Å². The molecule has 1 nitrogen and oxygen atoms in total. The maximum absolute atomic E-state index is 5.58. The third-order valence-electron chi connectivity index (χ3n) is 1.05. The maximum Gasteiger partial charge on any atom is 0.0445 e. The van der Waals surface area contributed by atoms with Crippen LogP contribution < -0.4 is 5.73 Å². The van der Waals surface area contributed by atoms with E-state index >= 15 is 0 Å². The maximum atomic E-state index is 5.58. The van der Waals surface area contributed by atoms with E-state index in [0.717, 1.165) is 6.42 Å². The van der Waals surface area contributed by atoms with Crippen LogP contribution in [0.25, 0.3) is 0 Å². The van der Waals surface area contributed by atoms with Crippen LogP contribution >= 0.6 is 11.3 Å². The van der Waals surface area contributed by atoms with E-state index in [9.17, 15) is 0 Å². The quantitative estimate of drug-likeness (QED) is 0.661. The molecule has 0 spiro atoms. The fourth-order valence-corrected chi connectivity index (χ4v) is 1.47. The third kappa shape index (κ3) is 2.16. The molecule has 0 saturated heterocycles. The van der Waals surface area contributed by atoms with Crippen LogP contribution in [0, 0.1) is 5.38 Å². The minimum Gasteiger partial charge on any atom is -0.328 e. The molecule has 0 aliphatic carbocycles. The highest BCUT2D eigenvalue weighted by atomic mass is 32.1. The highest BCUT2D eigenvalue weighted by molar-refractivity contribution is 7.09. The van der Waals surface area contributed by atoms with Gasteiger partial charge in [0.05, 0.1) is 0 Å². The standard InChI is InChI=1S/C7H10NS/c1-6(8)5-7-3-2-4-9-7/h2-3,6H,5,8H2,1H3. The van der Waals surface area contributed by atoms with Crippen molar-refractivity contribution < 1.29 is 0 Å². The molecule has 1 atom stereocenters. The molecule has 1 aromatic heterocycles. The van der Waals surface area contributed by atoms with Gasteiger partial charge >= 0.3 is 0 Å². The SMILES string of the molecule is CC(N)Cc1cc[c]s1. The molecule has 1 radical (unpaired) electrons. The first-order valence-electron chi connectivity index (χ1n) is 2.99. The molecule has 0 amide bonds. The number of rotatable bonds is 2. The molecule has 9 heavy (non-hydrogen) atoms. The predicted octanol–water partition coefficient (Wildman–Crippen LogP) is 1.44. The smallest absolute Gasteiger partial charge is 0.0445 e. The summed E-state index contributed by atoms with van der Waals surface area (Å²) in [6, 6.07) is 4.27.